The van der Waals surface area contributed by atoms with Gasteiger partial charge >= 0.3 is 0 Å². The molecule has 0 unspecified atom stereocenters. The van der Waals surface area contributed by atoms with E-state index in [4.69, 9.17) is 0 Å². The fraction of sp³-hybridized carbons (Fsp3) is 0.500. The Morgan fingerprint density at radius 2 is 1.77 bits per heavy atom. The van der Waals surface area contributed by atoms with Crippen molar-refractivity contribution in [2.75, 3.05) is 39.0 Å². The Labute approximate surface area is 192 Å². The van der Waals surface area contributed by atoms with Gasteiger partial charge in [0.2, 0.25) is 0 Å². The highest BCUT2D eigenvalue weighted by Gasteiger charge is 2.36. The van der Waals surface area contributed by atoms with Crippen LogP contribution in [-0.4, -0.2) is 48.8 Å². The van der Waals surface area contributed by atoms with E-state index in [9.17, 15) is 0 Å². The quantitative estimate of drug-likeness (QED) is 0.439. The van der Waals surface area contributed by atoms with Crippen LogP contribution in [0.25, 0.3) is 0 Å². The first-order valence-corrected chi connectivity index (χ1v) is 13.3. The van der Waals surface area contributed by atoms with Crippen molar-refractivity contribution >= 4 is 11.8 Å². The smallest absolute Gasteiger partial charge is 0.0352 e. The average molecular weight is 431 g/mol. The monoisotopic (exact) mass is 430 g/mol. The van der Waals surface area contributed by atoms with Crippen LogP contribution in [0.3, 0.4) is 0 Å². The standard InChI is InChI=1S/C28H34N2S/c1-31-24-13-11-23(12-14-24)27-21-30-19-7-9-28(30)26-20-22(10-15-25(26)27)8-3-6-18-29-16-4-2-5-17-29/h10-15,20,27-28H,2,4-7,9,16-19,21H2,1H3/t27-,28-/m0/s1. The van der Waals surface area contributed by atoms with Gasteiger partial charge in [-0.2, -0.15) is 0 Å². The fourth-order valence-electron chi connectivity index (χ4n) is 5.67. The van der Waals surface area contributed by atoms with Crippen molar-refractivity contribution in [2.24, 2.45) is 0 Å². The highest BCUT2D eigenvalue weighted by molar-refractivity contribution is 7.98. The van der Waals surface area contributed by atoms with E-state index in [0.29, 0.717) is 12.0 Å². The summed E-state index contributed by atoms with van der Waals surface area (Å²) in [5.74, 6) is 7.42. The first-order valence-electron chi connectivity index (χ1n) is 12.0. The summed E-state index contributed by atoms with van der Waals surface area (Å²) < 4.78 is 0. The van der Waals surface area contributed by atoms with Gasteiger partial charge in [-0.1, -0.05) is 36.5 Å². The minimum atomic E-state index is 0.473. The van der Waals surface area contributed by atoms with Gasteiger partial charge in [0.25, 0.3) is 0 Å². The van der Waals surface area contributed by atoms with E-state index >= 15 is 0 Å². The molecule has 2 saturated heterocycles. The van der Waals surface area contributed by atoms with Crippen LogP contribution in [-0.2, 0) is 0 Å². The highest BCUT2D eigenvalue weighted by Crippen LogP contribution is 2.44. The Balaban J connectivity index is 1.36. The summed E-state index contributed by atoms with van der Waals surface area (Å²) in [6.45, 7) is 6.03. The molecule has 31 heavy (non-hydrogen) atoms. The van der Waals surface area contributed by atoms with E-state index in [0.717, 1.165) is 19.5 Å². The lowest BCUT2D eigenvalue weighted by molar-refractivity contribution is 0.230. The lowest BCUT2D eigenvalue weighted by Crippen LogP contribution is -2.34. The number of fused-ring (bicyclic) bond motifs is 3. The molecule has 0 aliphatic carbocycles. The third-order valence-corrected chi connectivity index (χ3v) is 8.10. The molecule has 3 heteroatoms. The Hall–Kier alpha value is -1.73. The summed E-state index contributed by atoms with van der Waals surface area (Å²) in [7, 11) is 0. The summed E-state index contributed by atoms with van der Waals surface area (Å²) in [6, 6.07) is 16.9. The molecule has 0 radical (unpaired) electrons. The van der Waals surface area contributed by atoms with Crippen LogP contribution in [0.2, 0.25) is 0 Å². The van der Waals surface area contributed by atoms with E-state index in [1.165, 1.54) is 78.9 Å². The Bertz CT molecular complexity index is 949. The summed E-state index contributed by atoms with van der Waals surface area (Å²) in [5.41, 5.74) is 5.71. The van der Waals surface area contributed by atoms with E-state index < -0.39 is 0 Å². The van der Waals surface area contributed by atoms with Crippen LogP contribution < -0.4 is 0 Å². The first-order chi connectivity index (χ1) is 15.3. The third kappa shape index (κ3) is 4.72. The van der Waals surface area contributed by atoms with E-state index in [-0.39, 0.29) is 0 Å². The summed E-state index contributed by atoms with van der Waals surface area (Å²) in [6.07, 6.45) is 9.85. The van der Waals surface area contributed by atoms with Crippen molar-refractivity contribution in [3.05, 3.63) is 64.7 Å². The maximum absolute atomic E-state index is 3.49. The van der Waals surface area contributed by atoms with Gasteiger partial charge in [-0.05, 0) is 92.5 Å². The Kier molecular flexibility index (Phi) is 6.69. The SMILES string of the molecule is CSc1ccc([C@@H]2CN3CCC[C@H]3c3cc(C#CCCN4CCCCC4)ccc32)cc1. The number of benzene rings is 2. The van der Waals surface area contributed by atoms with Crippen molar-refractivity contribution in [1.82, 2.24) is 9.80 Å². The molecular formula is C28H34N2S. The predicted molar refractivity (Wildman–Crippen MR) is 132 cm³/mol. The Morgan fingerprint density at radius 1 is 0.935 bits per heavy atom. The summed E-state index contributed by atoms with van der Waals surface area (Å²) in [5, 5.41) is 0. The minimum absolute atomic E-state index is 0.473. The number of hydrogen-bond donors (Lipinski definition) is 0. The zero-order chi connectivity index (χ0) is 21.0. The average Bonchev–Trinajstić information content (AvgIpc) is 3.31. The van der Waals surface area contributed by atoms with E-state index in [1.54, 1.807) is 0 Å². The van der Waals surface area contributed by atoms with Crippen molar-refractivity contribution in [3.8, 4) is 11.8 Å². The molecule has 2 aromatic rings. The topological polar surface area (TPSA) is 6.48 Å². The normalized spacial score (nSPS) is 23.6. The molecule has 0 aromatic heterocycles. The molecule has 5 rings (SSSR count). The van der Waals surface area contributed by atoms with E-state index in [2.05, 4.69) is 70.4 Å². The molecule has 0 saturated carbocycles. The van der Waals surface area contributed by atoms with Crippen LogP contribution in [0.5, 0.6) is 0 Å². The molecule has 2 atom stereocenters. The maximum Gasteiger partial charge on any atom is 0.0352 e. The van der Waals surface area contributed by atoms with Crippen molar-refractivity contribution in [1.29, 1.82) is 0 Å². The lowest BCUT2D eigenvalue weighted by Gasteiger charge is -2.37. The second-order valence-electron chi connectivity index (χ2n) is 9.28. The van der Waals surface area contributed by atoms with Crippen molar-refractivity contribution < 1.29 is 0 Å². The molecule has 0 N–H and O–H groups in total. The van der Waals surface area contributed by atoms with Gasteiger partial charge in [0, 0.05) is 41.9 Å². The molecule has 2 aromatic carbocycles. The number of nitrogens with zero attached hydrogens (tertiary/aromatic N) is 2. The molecule has 2 nitrogen and oxygen atoms in total. The van der Waals surface area contributed by atoms with Crippen molar-refractivity contribution in [2.45, 2.75) is 55.4 Å². The summed E-state index contributed by atoms with van der Waals surface area (Å²) >= 11 is 1.82. The third-order valence-electron chi connectivity index (χ3n) is 7.35. The zero-order valence-electron chi connectivity index (χ0n) is 18.8. The molecule has 3 aliphatic rings. The Morgan fingerprint density at radius 3 is 2.58 bits per heavy atom. The van der Waals surface area contributed by atoms with Crippen LogP contribution in [0.15, 0.2) is 47.4 Å². The largest absolute Gasteiger partial charge is 0.302 e. The fourth-order valence-corrected chi connectivity index (χ4v) is 6.08. The first kappa shape index (κ1) is 21.1. The zero-order valence-corrected chi connectivity index (χ0v) is 19.6. The molecule has 0 spiro atoms. The van der Waals surface area contributed by atoms with Crippen LogP contribution >= 0.6 is 11.8 Å². The number of likely N-dealkylation sites (tertiary alicyclic amines) is 1. The van der Waals surface area contributed by atoms with Crippen LogP contribution in [0.1, 0.15) is 72.7 Å². The molecule has 2 fully saturated rings. The van der Waals surface area contributed by atoms with Gasteiger partial charge in [-0.25, -0.2) is 0 Å². The van der Waals surface area contributed by atoms with Gasteiger partial charge in [-0.15, -0.1) is 11.8 Å². The van der Waals surface area contributed by atoms with Gasteiger partial charge in [0.1, 0.15) is 0 Å². The van der Waals surface area contributed by atoms with Crippen LogP contribution in [0.4, 0.5) is 0 Å². The molecule has 0 amide bonds. The number of thioether (sulfide) groups is 1. The molecule has 0 bridgehead atoms. The van der Waals surface area contributed by atoms with Gasteiger partial charge in [0.15, 0.2) is 0 Å². The second-order valence-corrected chi connectivity index (χ2v) is 10.2. The number of piperidine rings is 1. The molecule has 162 valence electrons. The van der Waals surface area contributed by atoms with Crippen molar-refractivity contribution in [3.63, 3.8) is 0 Å². The predicted octanol–water partition coefficient (Wildman–Crippen LogP) is 5.92. The van der Waals surface area contributed by atoms with Gasteiger partial charge < -0.3 is 4.90 Å². The lowest BCUT2D eigenvalue weighted by atomic mass is 9.81. The molecular weight excluding hydrogens is 396 g/mol. The minimum Gasteiger partial charge on any atom is -0.302 e. The van der Waals surface area contributed by atoms with E-state index in [1.807, 2.05) is 11.8 Å². The number of rotatable bonds is 4. The van der Waals surface area contributed by atoms with Gasteiger partial charge in [-0.3, -0.25) is 4.90 Å². The maximum atomic E-state index is 3.49. The summed E-state index contributed by atoms with van der Waals surface area (Å²) in [4.78, 5) is 6.63. The highest BCUT2D eigenvalue weighted by atomic mass is 32.2. The molecule has 3 aliphatic heterocycles. The molecule has 3 heterocycles. The van der Waals surface area contributed by atoms with Crippen LogP contribution in [0, 0.1) is 11.8 Å². The number of hydrogen-bond acceptors (Lipinski definition) is 3. The second kappa shape index (κ2) is 9.82. The van der Waals surface area contributed by atoms with Gasteiger partial charge in [0.05, 0.1) is 0 Å².